The van der Waals surface area contributed by atoms with E-state index < -0.39 is 4.92 Å². The Morgan fingerprint density at radius 3 is 2.68 bits per heavy atom. The highest BCUT2D eigenvalue weighted by molar-refractivity contribution is 6.00. The highest BCUT2D eigenvalue weighted by Crippen LogP contribution is 2.12. The number of anilines is 1. The summed E-state index contributed by atoms with van der Waals surface area (Å²) in [6.07, 6.45) is 6.00. The standard InChI is InChI=1S/C12H10N4O3/c17-11(15-12-13-7-8-14-12)6-3-9-1-4-10(5-2-9)16(18)19/h1-8H,(H2,13,14,15,17). The van der Waals surface area contributed by atoms with Gasteiger partial charge in [-0.05, 0) is 23.8 Å². The molecule has 1 aromatic heterocycles. The van der Waals surface area contributed by atoms with Gasteiger partial charge in [-0.25, -0.2) is 4.98 Å². The number of benzene rings is 1. The van der Waals surface area contributed by atoms with Gasteiger partial charge < -0.3 is 4.98 Å². The van der Waals surface area contributed by atoms with Gasteiger partial charge in [-0.3, -0.25) is 20.2 Å². The van der Waals surface area contributed by atoms with Crippen LogP contribution in [0, 0.1) is 10.1 Å². The van der Waals surface area contributed by atoms with E-state index in [0.29, 0.717) is 11.5 Å². The van der Waals surface area contributed by atoms with Crippen molar-refractivity contribution in [3.8, 4) is 0 Å². The summed E-state index contributed by atoms with van der Waals surface area (Å²) >= 11 is 0. The maximum atomic E-state index is 11.5. The number of carbonyl (C=O) groups excluding carboxylic acids is 1. The van der Waals surface area contributed by atoms with E-state index in [9.17, 15) is 14.9 Å². The summed E-state index contributed by atoms with van der Waals surface area (Å²) in [5.41, 5.74) is 0.706. The van der Waals surface area contributed by atoms with E-state index in [-0.39, 0.29) is 11.6 Å². The van der Waals surface area contributed by atoms with Crippen LogP contribution in [0.4, 0.5) is 11.6 Å². The van der Waals surface area contributed by atoms with E-state index in [2.05, 4.69) is 15.3 Å². The fourth-order valence-corrected chi connectivity index (χ4v) is 1.37. The van der Waals surface area contributed by atoms with Gasteiger partial charge in [-0.2, -0.15) is 0 Å². The zero-order valence-corrected chi connectivity index (χ0v) is 9.74. The van der Waals surface area contributed by atoms with Crippen molar-refractivity contribution < 1.29 is 9.72 Å². The lowest BCUT2D eigenvalue weighted by Gasteiger charge is -1.96. The Hall–Kier alpha value is -2.96. The lowest BCUT2D eigenvalue weighted by molar-refractivity contribution is -0.384. The molecule has 1 amide bonds. The summed E-state index contributed by atoms with van der Waals surface area (Å²) in [6.45, 7) is 0. The second kappa shape index (κ2) is 5.58. The first kappa shape index (κ1) is 12.5. The van der Waals surface area contributed by atoms with E-state index in [4.69, 9.17) is 0 Å². The van der Waals surface area contributed by atoms with Crippen LogP contribution in [0.3, 0.4) is 0 Å². The lowest BCUT2D eigenvalue weighted by Crippen LogP contribution is -2.08. The number of rotatable bonds is 4. The fraction of sp³-hybridized carbons (Fsp3) is 0. The zero-order valence-electron chi connectivity index (χ0n) is 9.74. The van der Waals surface area contributed by atoms with Crippen molar-refractivity contribution in [3.05, 3.63) is 58.4 Å². The van der Waals surface area contributed by atoms with Gasteiger partial charge in [0.25, 0.3) is 11.6 Å². The molecule has 0 aliphatic heterocycles. The molecular weight excluding hydrogens is 248 g/mol. The number of hydrogen-bond donors (Lipinski definition) is 2. The predicted molar refractivity (Wildman–Crippen MR) is 69.3 cm³/mol. The normalized spacial score (nSPS) is 10.5. The van der Waals surface area contributed by atoms with Crippen molar-refractivity contribution in [1.29, 1.82) is 0 Å². The maximum absolute atomic E-state index is 11.5. The summed E-state index contributed by atoms with van der Waals surface area (Å²) in [5.74, 6) is 0.0200. The number of aromatic amines is 1. The largest absolute Gasteiger partial charge is 0.331 e. The number of non-ortho nitro benzene ring substituents is 1. The number of nitrogens with one attached hydrogen (secondary N) is 2. The van der Waals surface area contributed by atoms with Crippen molar-refractivity contribution in [1.82, 2.24) is 9.97 Å². The molecule has 19 heavy (non-hydrogen) atoms. The van der Waals surface area contributed by atoms with Crippen LogP contribution < -0.4 is 5.32 Å². The Kier molecular flexibility index (Phi) is 3.67. The highest BCUT2D eigenvalue weighted by Gasteiger charge is 2.03. The Morgan fingerprint density at radius 1 is 1.37 bits per heavy atom. The van der Waals surface area contributed by atoms with Crippen molar-refractivity contribution in [2.45, 2.75) is 0 Å². The van der Waals surface area contributed by atoms with Crippen LogP contribution in [0.5, 0.6) is 0 Å². The summed E-state index contributed by atoms with van der Waals surface area (Å²) < 4.78 is 0. The molecule has 2 N–H and O–H groups in total. The monoisotopic (exact) mass is 258 g/mol. The van der Waals surface area contributed by atoms with Crippen LogP contribution in [0.15, 0.2) is 42.7 Å². The number of nitro groups is 1. The van der Waals surface area contributed by atoms with E-state index >= 15 is 0 Å². The van der Waals surface area contributed by atoms with Gasteiger partial charge in [0.2, 0.25) is 5.95 Å². The Labute approximate surface area is 108 Å². The number of amides is 1. The van der Waals surface area contributed by atoms with E-state index in [1.807, 2.05) is 0 Å². The van der Waals surface area contributed by atoms with Crippen LogP contribution in [0.1, 0.15) is 5.56 Å². The first-order chi connectivity index (χ1) is 9.15. The number of aromatic nitrogens is 2. The molecule has 0 unspecified atom stereocenters. The number of nitrogens with zero attached hydrogens (tertiary/aromatic N) is 2. The molecule has 7 nitrogen and oxygen atoms in total. The van der Waals surface area contributed by atoms with Crippen molar-refractivity contribution >= 4 is 23.6 Å². The molecule has 0 saturated heterocycles. The average Bonchev–Trinajstić information content (AvgIpc) is 2.89. The molecule has 2 aromatic rings. The molecule has 0 bridgehead atoms. The zero-order chi connectivity index (χ0) is 13.7. The smallest absolute Gasteiger partial charge is 0.269 e. The topological polar surface area (TPSA) is 101 Å². The number of hydrogen-bond acceptors (Lipinski definition) is 4. The van der Waals surface area contributed by atoms with E-state index in [0.717, 1.165) is 0 Å². The van der Waals surface area contributed by atoms with Crippen LogP contribution in [0.25, 0.3) is 6.08 Å². The molecule has 0 aliphatic rings. The van der Waals surface area contributed by atoms with E-state index in [1.54, 1.807) is 24.4 Å². The average molecular weight is 258 g/mol. The summed E-state index contributed by atoms with van der Waals surface area (Å²) in [7, 11) is 0. The summed E-state index contributed by atoms with van der Waals surface area (Å²) in [5, 5.41) is 13.0. The van der Waals surface area contributed by atoms with Gasteiger partial charge in [0.05, 0.1) is 4.92 Å². The minimum Gasteiger partial charge on any atom is -0.331 e. The fourth-order valence-electron chi connectivity index (χ4n) is 1.37. The first-order valence-electron chi connectivity index (χ1n) is 5.38. The van der Waals surface area contributed by atoms with Gasteiger partial charge in [0.15, 0.2) is 0 Å². The molecule has 2 rings (SSSR count). The minimum absolute atomic E-state index is 0.0113. The molecule has 0 radical (unpaired) electrons. The first-order valence-corrected chi connectivity index (χ1v) is 5.38. The van der Waals surface area contributed by atoms with Gasteiger partial charge in [-0.15, -0.1) is 0 Å². The molecule has 0 atom stereocenters. The second-order valence-electron chi connectivity index (χ2n) is 3.61. The molecule has 0 aliphatic carbocycles. The Balaban J connectivity index is 1.98. The van der Waals surface area contributed by atoms with Crippen LogP contribution >= 0.6 is 0 Å². The molecule has 0 spiro atoms. The lowest BCUT2D eigenvalue weighted by atomic mass is 10.2. The van der Waals surface area contributed by atoms with Gasteiger partial charge in [-0.1, -0.05) is 0 Å². The molecular formula is C12H10N4O3. The summed E-state index contributed by atoms with van der Waals surface area (Å²) in [6, 6.07) is 5.89. The second-order valence-corrected chi connectivity index (χ2v) is 3.61. The molecule has 1 aromatic carbocycles. The van der Waals surface area contributed by atoms with Crippen molar-refractivity contribution in [2.24, 2.45) is 0 Å². The van der Waals surface area contributed by atoms with Crippen LogP contribution in [-0.4, -0.2) is 20.8 Å². The predicted octanol–water partition coefficient (Wildman–Crippen LogP) is 1.97. The maximum Gasteiger partial charge on any atom is 0.269 e. The molecule has 0 fully saturated rings. The number of nitro benzene ring substituents is 1. The number of H-pyrrole nitrogens is 1. The van der Waals surface area contributed by atoms with Crippen LogP contribution in [0.2, 0.25) is 0 Å². The van der Waals surface area contributed by atoms with Gasteiger partial charge >= 0.3 is 0 Å². The van der Waals surface area contributed by atoms with E-state index in [1.165, 1.54) is 24.4 Å². The SMILES string of the molecule is O=C(C=Cc1ccc([N+](=O)[O-])cc1)Nc1ncc[nH]1. The Morgan fingerprint density at radius 2 is 2.11 bits per heavy atom. The minimum atomic E-state index is -0.475. The number of carbonyl (C=O) groups is 1. The molecule has 7 heteroatoms. The molecule has 0 saturated carbocycles. The third kappa shape index (κ3) is 3.50. The third-order valence-electron chi connectivity index (χ3n) is 2.27. The molecule has 1 heterocycles. The number of imidazole rings is 1. The van der Waals surface area contributed by atoms with Gasteiger partial charge in [0, 0.05) is 30.6 Å². The third-order valence-corrected chi connectivity index (χ3v) is 2.27. The quantitative estimate of drug-likeness (QED) is 0.497. The van der Waals surface area contributed by atoms with Crippen LogP contribution in [-0.2, 0) is 4.79 Å². The molecule has 96 valence electrons. The van der Waals surface area contributed by atoms with Crippen molar-refractivity contribution in [3.63, 3.8) is 0 Å². The van der Waals surface area contributed by atoms with Gasteiger partial charge in [0.1, 0.15) is 0 Å². The highest BCUT2D eigenvalue weighted by atomic mass is 16.6. The summed E-state index contributed by atoms with van der Waals surface area (Å²) in [4.78, 5) is 28.1. The Bertz CT molecular complexity index is 602. The van der Waals surface area contributed by atoms with Crippen molar-refractivity contribution in [2.75, 3.05) is 5.32 Å².